The molecular weight excluding hydrogens is 313 g/mol. The van der Waals surface area contributed by atoms with Gasteiger partial charge >= 0.3 is 5.97 Å². The van der Waals surface area contributed by atoms with Gasteiger partial charge < -0.3 is 10.1 Å². The number of hydrogen-bond acceptors (Lipinski definition) is 5. The summed E-state index contributed by atoms with van der Waals surface area (Å²) in [5.74, 6) is -2.37. The number of carbonyl (C=O) groups excluding carboxylic acids is 2. The van der Waals surface area contributed by atoms with Crippen molar-refractivity contribution in [2.75, 3.05) is 11.5 Å². The minimum Gasteiger partial charge on any atom is -0.449 e. The van der Waals surface area contributed by atoms with Gasteiger partial charge in [-0.05, 0) is 25.5 Å². The third kappa shape index (κ3) is 4.03. The molecule has 0 bridgehead atoms. The Morgan fingerprint density at radius 1 is 1.36 bits per heavy atom. The van der Waals surface area contributed by atoms with Gasteiger partial charge in [-0.1, -0.05) is 12.1 Å². The molecule has 0 aliphatic carbocycles. The number of halogens is 1. The smallest absolute Gasteiger partial charge is 0.341 e. The molecule has 1 aromatic carbocycles. The van der Waals surface area contributed by atoms with Crippen LogP contribution >= 0.6 is 0 Å². The van der Waals surface area contributed by atoms with Crippen molar-refractivity contribution in [1.29, 1.82) is 0 Å². The molecule has 0 aromatic heterocycles. The summed E-state index contributed by atoms with van der Waals surface area (Å²) in [6.07, 6.45) is -0.808. The van der Waals surface area contributed by atoms with Crippen LogP contribution in [0.3, 0.4) is 0 Å². The van der Waals surface area contributed by atoms with Gasteiger partial charge in [0.15, 0.2) is 15.9 Å². The molecule has 1 heterocycles. The topological polar surface area (TPSA) is 89.5 Å². The maximum absolute atomic E-state index is 13.4. The fraction of sp³-hybridized carbons (Fsp3) is 0.429. The van der Waals surface area contributed by atoms with Crippen LogP contribution in [0.1, 0.15) is 23.7 Å². The van der Waals surface area contributed by atoms with Crippen molar-refractivity contribution in [3.05, 3.63) is 35.6 Å². The van der Waals surface area contributed by atoms with E-state index < -0.39 is 39.7 Å². The van der Waals surface area contributed by atoms with Crippen LogP contribution in [0, 0.1) is 5.82 Å². The van der Waals surface area contributed by atoms with Gasteiger partial charge in [-0.25, -0.2) is 17.6 Å². The number of sulfone groups is 1. The van der Waals surface area contributed by atoms with Crippen LogP contribution in [0.15, 0.2) is 24.3 Å². The Morgan fingerprint density at radius 2 is 2.05 bits per heavy atom. The number of benzene rings is 1. The Hall–Kier alpha value is -1.96. The number of nitrogens with one attached hydrogen (secondary N) is 1. The first kappa shape index (κ1) is 16.4. The molecule has 1 N–H and O–H groups in total. The van der Waals surface area contributed by atoms with Gasteiger partial charge in [-0.15, -0.1) is 0 Å². The van der Waals surface area contributed by atoms with E-state index in [0.29, 0.717) is 6.42 Å². The Labute approximate surface area is 127 Å². The lowest BCUT2D eigenvalue weighted by molar-refractivity contribution is -0.129. The van der Waals surface area contributed by atoms with Crippen LogP contribution < -0.4 is 5.32 Å². The molecule has 0 radical (unpaired) electrons. The fourth-order valence-corrected chi connectivity index (χ4v) is 3.81. The lowest BCUT2D eigenvalue weighted by Crippen LogP contribution is -2.42. The summed E-state index contributed by atoms with van der Waals surface area (Å²) in [5, 5.41) is 2.52. The Balaban J connectivity index is 1.92. The third-order valence-corrected chi connectivity index (χ3v) is 5.09. The van der Waals surface area contributed by atoms with Crippen molar-refractivity contribution in [2.24, 2.45) is 0 Å². The number of hydrogen-bond donors (Lipinski definition) is 1. The Morgan fingerprint density at radius 3 is 2.64 bits per heavy atom. The van der Waals surface area contributed by atoms with Gasteiger partial charge in [0, 0.05) is 6.04 Å². The lowest BCUT2D eigenvalue weighted by atomic mass is 10.2. The molecule has 1 aromatic rings. The van der Waals surface area contributed by atoms with E-state index in [-0.39, 0.29) is 17.1 Å². The number of rotatable bonds is 4. The summed E-state index contributed by atoms with van der Waals surface area (Å²) in [6, 6.07) is 4.81. The summed E-state index contributed by atoms with van der Waals surface area (Å²) in [6.45, 7) is 1.34. The van der Waals surface area contributed by atoms with Crippen LogP contribution in [-0.4, -0.2) is 43.9 Å². The SMILES string of the molecule is C[C@H](OC(=O)c1ccccc1F)C(=O)N[C@H]1CCS(=O)(=O)C1. The average Bonchev–Trinajstić information content (AvgIpc) is 2.78. The molecule has 1 saturated heterocycles. The first-order valence-corrected chi connectivity index (χ1v) is 8.57. The molecule has 0 spiro atoms. The van der Waals surface area contributed by atoms with Crippen molar-refractivity contribution in [1.82, 2.24) is 5.32 Å². The minimum absolute atomic E-state index is 0.0291. The first-order chi connectivity index (χ1) is 10.3. The molecule has 120 valence electrons. The second-order valence-corrected chi connectivity index (χ2v) is 7.36. The van der Waals surface area contributed by atoms with Gasteiger partial charge in [-0.2, -0.15) is 0 Å². The van der Waals surface area contributed by atoms with Crippen LogP contribution in [0.4, 0.5) is 4.39 Å². The second kappa shape index (κ2) is 6.43. The molecule has 0 saturated carbocycles. The number of esters is 1. The zero-order valence-corrected chi connectivity index (χ0v) is 12.7. The minimum atomic E-state index is -3.11. The predicted octanol–water partition coefficient (Wildman–Crippen LogP) is 0.674. The van der Waals surface area contributed by atoms with E-state index in [4.69, 9.17) is 4.74 Å². The molecule has 1 fully saturated rings. The van der Waals surface area contributed by atoms with Crippen molar-refractivity contribution < 1.29 is 27.1 Å². The Bertz CT molecular complexity index is 688. The highest BCUT2D eigenvalue weighted by molar-refractivity contribution is 7.91. The average molecular weight is 329 g/mol. The molecular formula is C14H16FNO5S. The number of ether oxygens (including phenoxy) is 1. The van der Waals surface area contributed by atoms with Gasteiger partial charge in [0.2, 0.25) is 0 Å². The molecule has 8 heteroatoms. The highest BCUT2D eigenvalue weighted by atomic mass is 32.2. The Kier molecular flexibility index (Phi) is 4.80. The monoisotopic (exact) mass is 329 g/mol. The summed E-state index contributed by atoms with van der Waals surface area (Å²) < 4.78 is 41.0. The number of amides is 1. The third-order valence-electron chi connectivity index (χ3n) is 3.33. The zero-order valence-electron chi connectivity index (χ0n) is 11.9. The van der Waals surface area contributed by atoms with E-state index >= 15 is 0 Å². The summed E-state index contributed by atoms with van der Waals surface area (Å²) >= 11 is 0. The van der Waals surface area contributed by atoms with Crippen molar-refractivity contribution >= 4 is 21.7 Å². The van der Waals surface area contributed by atoms with Gasteiger partial charge in [0.1, 0.15) is 5.82 Å². The van der Waals surface area contributed by atoms with Crippen molar-refractivity contribution in [2.45, 2.75) is 25.5 Å². The summed E-state index contributed by atoms with van der Waals surface area (Å²) in [7, 11) is -3.11. The van der Waals surface area contributed by atoms with E-state index in [9.17, 15) is 22.4 Å². The zero-order chi connectivity index (χ0) is 16.3. The van der Waals surface area contributed by atoms with Crippen LogP contribution in [0.5, 0.6) is 0 Å². The molecule has 2 rings (SSSR count). The van der Waals surface area contributed by atoms with Crippen LogP contribution in [-0.2, 0) is 19.4 Å². The van der Waals surface area contributed by atoms with E-state index in [0.717, 1.165) is 6.07 Å². The van der Waals surface area contributed by atoms with E-state index in [1.54, 1.807) is 0 Å². The first-order valence-electron chi connectivity index (χ1n) is 6.75. The van der Waals surface area contributed by atoms with E-state index in [1.807, 2.05) is 0 Å². The van der Waals surface area contributed by atoms with Crippen LogP contribution in [0.2, 0.25) is 0 Å². The predicted molar refractivity (Wildman–Crippen MR) is 76.5 cm³/mol. The van der Waals surface area contributed by atoms with E-state index in [1.165, 1.54) is 25.1 Å². The second-order valence-electron chi connectivity index (χ2n) is 5.14. The quantitative estimate of drug-likeness (QED) is 0.820. The highest BCUT2D eigenvalue weighted by Gasteiger charge is 2.31. The van der Waals surface area contributed by atoms with Gasteiger partial charge in [0.05, 0.1) is 17.1 Å². The molecule has 0 unspecified atom stereocenters. The maximum atomic E-state index is 13.4. The molecule has 22 heavy (non-hydrogen) atoms. The van der Waals surface area contributed by atoms with Gasteiger partial charge in [0.25, 0.3) is 5.91 Å². The maximum Gasteiger partial charge on any atom is 0.341 e. The molecule has 1 aliphatic heterocycles. The highest BCUT2D eigenvalue weighted by Crippen LogP contribution is 2.13. The van der Waals surface area contributed by atoms with Crippen molar-refractivity contribution in [3.8, 4) is 0 Å². The lowest BCUT2D eigenvalue weighted by Gasteiger charge is -2.16. The van der Waals surface area contributed by atoms with Crippen LogP contribution in [0.25, 0.3) is 0 Å². The number of carbonyl (C=O) groups is 2. The molecule has 2 atom stereocenters. The summed E-state index contributed by atoms with van der Waals surface area (Å²) in [4.78, 5) is 23.7. The van der Waals surface area contributed by atoms with Gasteiger partial charge in [-0.3, -0.25) is 4.79 Å². The molecule has 6 nitrogen and oxygen atoms in total. The van der Waals surface area contributed by atoms with E-state index in [2.05, 4.69) is 5.32 Å². The largest absolute Gasteiger partial charge is 0.449 e. The fourth-order valence-electron chi connectivity index (χ4n) is 2.13. The normalized spacial score (nSPS) is 21.1. The summed E-state index contributed by atoms with van der Waals surface area (Å²) in [5.41, 5.74) is -0.259. The van der Waals surface area contributed by atoms with Crippen molar-refractivity contribution in [3.63, 3.8) is 0 Å². The molecule has 1 amide bonds. The standard InChI is InChI=1S/C14H16FNO5S/c1-9(13(17)16-10-6-7-22(19,20)8-10)21-14(18)11-4-2-3-5-12(11)15/h2-5,9-10H,6-8H2,1H3,(H,16,17)/t9-,10-/m0/s1. The molecule has 1 aliphatic rings.